The number of aromatic nitrogens is 3. The third kappa shape index (κ3) is 3.43. The number of hydrogen-bond acceptors (Lipinski definition) is 6. The van der Waals surface area contributed by atoms with Crippen LogP contribution in [0.15, 0.2) is 36.8 Å². The third-order valence-corrected chi connectivity index (χ3v) is 3.60. The van der Waals surface area contributed by atoms with Crippen LogP contribution in [0.25, 0.3) is 0 Å². The number of carbonyl (C=O) groups is 1. The van der Waals surface area contributed by atoms with Gasteiger partial charge in [-0.1, -0.05) is 6.07 Å². The Bertz CT molecular complexity index is 729. The summed E-state index contributed by atoms with van der Waals surface area (Å²) in [5.41, 5.74) is 0.575. The maximum absolute atomic E-state index is 12.4. The summed E-state index contributed by atoms with van der Waals surface area (Å²) in [6.07, 6.45) is 5.95. The van der Waals surface area contributed by atoms with Gasteiger partial charge in [0.25, 0.3) is 11.8 Å². The summed E-state index contributed by atoms with van der Waals surface area (Å²) in [5.74, 6) is 0.102. The molecule has 0 aliphatic carbocycles. The Morgan fingerprint density at radius 1 is 1.26 bits per heavy atom. The summed E-state index contributed by atoms with van der Waals surface area (Å²) >= 11 is 0. The van der Waals surface area contributed by atoms with Crippen molar-refractivity contribution in [2.24, 2.45) is 0 Å². The molecule has 0 radical (unpaired) electrons. The number of amides is 1. The summed E-state index contributed by atoms with van der Waals surface area (Å²) in [6, 6.07) is 7.22. The molecule has 0 spiro atoms. The molecule has 7 nitrogen and oxygen atoms in total. The second kappa shape index (κ2) is 6.83. The molecule has 0 bridgehead atoms. The SMILES string of the molecule is N#Cc1nccnc1OC1CCCN(C(=O)c2ccccn2)C1. The van der Waals surface area contributed by atoms with Crippen molar-refractivity contribution in [3.8, 4) is 11.9 Å². The van der Waals surface area contributed by atoms with E-state index in [0.717, 1.165) is 12.8 Å². The zero-order chi connectivity index (χ0) is 16.1. The molecule has 2 aromatic heterocycles. The van der Waals surface area contributed by atoms with Gasteiger partial charge in [-0.2, -0.15) is 5.26 Å². The highest BCUT2D eigenvalue weighted by Gasteiger charge is 2.27. The number of nitrogens with zero attached hydrogens (tertiary/aromatic N) is 5. The smallest absolute Gasteiger partial charge is 0.272 e. The number of nitriles is 1. The first kappa shape index (κ1) is 14.9. The van der Waals surface area contributed by atoms with Gasteiger partial charge in [-0.25, -0.2) is 9.97 Å². The average Bonchev–Trinajstić information content (AvgIpc) is 2.62. The number of rotatable bonds is 3. The van der Waals surface area contributed by atoms with Crippen molar-refractivity contribution in [2.45, 2.75) is 18.9 Å². The minimum atomic E-state index is -0.208. The van der Waals surface area contributed by atoms with E-state index < -0.39 is 0 Å². The van der Waals surface area contributed by atoms with Crippen molar-refractivity contribution < 1.29 is 9.53 Å². The Morgan fingerprint density at radius 2 is 2.13 bits per heavy atom. The van der Waals surface area contributed by atoms with Crippen LogP contribution in [0.5, 0.6) is 5.88 Å². The summed E-state index contributed by atoms with van der Waals surface area (Å²) in [7, 11) is 0. The zero-order valence-corrected chi connectivity index (χ0v) is 12.4. The Labute approximate surface area is 133 Å². The lowest BCUT2D eigenvalue weighted by molar-refractivity contribution is 0.0521. The maximum atomic E-state index is 12.4. The lowest BCUT2D eigenvalue weighted by atomic mass is 10.1. The summed E-state index contributed by atoms with van der Waals surface area (Å²) in [4.78, 5) is 26.2. The second-order valence-corrected chi connectivity index (χ2v) is 5.17. The fourth-order valence-electron chi connectivity index (χ4n) is 2.52. The Kier molecular flexibility index (Phi) is 4.43. The predicted octanol–water partition coefficient (Wildman–Crippen LogP) is 1.43. The highest BCUT2D eigenvalue weighted by Crippen LogP contribution is 2.19. The Hall–Kier alpha value is -3.01. The standard InChI is InChI=1S/C16H15N5O2/c17-10-14-15(20-8-7-19-14)23-12-4-3-9-21(11-12)16(22)13-5-1-2-6-18-13/h1-2,5-8,12H,3-4,9,11H2. The first-order chi connectivity index (χ1) is 11.3. The summed E-state index contributed by atoms with van der Waals surface area (Å²) in [6.45, 7) is 1.11. The van der Waals surface area contributed by atoms with Gasteiger partial charge in [-0.15, -0.1) is 0 Å². The minimum absolute atomic E-state index is 0.112. The molecule has 1 unspecified atom stereocenters. The Balaban J connectivity index is 1.69. The predicted molar refractivity (Wildman–Crippen MR) is 80.5 cm³/mol. The topological polar surface area (TPSA) is 92.0 Å². The van der Waals surface area contributed by atoms with Gasteiger partial charge in [0, 0.05) is 25.1 Å². The van der Waals surface area contributed by atoms with Crippen molar-refractivity contribution >= 4 is 5.91 Å². The van der Waals surface area contributed by atoms with E-state index in [1.807, 2.05) is 6.07 Å². The van der Waals surface area contributed by atoms with Crippen LogP contribution in [0.3, 0.4) is 0 Å². The summed E-state index contributed by atoms with van der Waals surface area (Å²) < 4.78 is 5.78. The lowest BCUT2D eigenvalue weighted by Gasteiger charge is -2.32. The van der Waals surface area contributed by atoms with Crippen LogP contribution in [-0.4, -0.2) is 45.0 Å². The van der Waals surface area contributed by atoms with Crippen LogP contribution in [0.2, 0.25) is 0 Å². The largest absolute Gasteiger partial charge is 0.470 e. The molecule has 1 amide bonds. The molecule has 1 saturated heterocycles. The van der Waals surface area contributed by atoms with E-state index in [4.69, 9.17) is 10.00 Å². The van der Waals surface area contributed by atoms with Crippen LogP contribution in [0.4, 0.5) is 0 Å². The number of piperidine rings is 1. The van der Waals surface area contributed by atoms with Gasteiger partial charge in [0.05, 0.1) is 6.54 Å². The van der Waals surface area contributed by atoms with E-state index >= 15 is 0 Å². The van der Waals surface area contributed by atoms with Gasteiger partial charge in [0.1, 0.15) is 17.9 Å². The van der Waals surface area contributed by atoms with Crippen molar-refractivity contribution in [3.05, 3.63) is 48.2 Å². The molecular formula is C16H15N5O2. The van der Waals surface area contributed by atoms with E-state index in [1.54, 1.807) is 29.3 Å². The molecular weight excluding hydrogens is 294 g/mol. The molecule has 116 valence electrons. The maximum Gasteiger partial charge on any atom is 0.272 e. The molecule has 0 N–H and O–H groups in total. The average molecular weight is 309 g/mol. The Morgan fingerprint density at radius 3 is 2.91 bits per heavy atom. The molecule has 2 aromatic rings. The molecule has 7 heteroatoms. The van der Waals surface area contributed by atoms with Crippen LogP contribution in [-0.2, 0) is 0 Å². The number of ether oxygens (including phenoxy) is 1. The third-order valence-electron chi connectivity index (χ3n) is 3.60. The van der Waals surface area contributed by atoms with Crippen LogP contribution >= 0.6 is 0 Å². The highest BCUT2D eigenvalue weighted by atomic mass is 16.5. The van der Waals surface area contributed by atoms with Gasteiger partial charge >= 0.3 is 0 Å². The molecule has 1 aliphatic heterocycles. The van der Waals surface area contributed by atoms with Gasteiger partial charge < -0.3 is 9.64 Å². The number of carbonyl (C=O) groups excluding carboxylic acids is 1. The van der Waals surface area contributed by atoms with Crippen LogP contribution in [0.1, 0.15) is 29.0 Å². The number of hydrogen-bond donors (Lipinski definition) is 0. The van der Waals surface area contributed by atoms with E-state index in [9.17, 15) is 4.79 Å². The first-order valence-electron chi connectivity index (χ1n) is 7.36. The normalized spacial score (nSPS) is 17.3. The second-order valence-electron chi connectivity index (χ2n) is 5.17. The monoisotopic (exact) mass is 309 g/mol. The van der Waals surface area contributed by atoms with E-state index in [2.05, 4.69) is 15.0 Å². The molecule has 1 atom stereocenters. The van der Waals surface area contributed by atoms with Gasteiger partial charge in [-0.05, 0) is 25.0 Å². The molecule has 0 aromatic carbocycles. The van der Waals surface area contributed by atoms with Crippen LogP contribution < -0.4 is 4.74 Å². The number of likely N-dealkylation sites (tertiary alicyclic amines) is 1. The van der Waals surface area contributed by atoms with Gasteiger partial charge in [0.15, 0.2) is 0 Å². The van der Waals surface area contributed by atoms with E-state index in [1.165, 1.54) is 12.4 Å². The highest BCUT2D eigenvalue weighted by molar-refractivity contribution is 5.92. The van der Waals surface area contributed by atoms with Gasteiger partial charge in [-0.3, -0.25) is 9.78 Å². The minimum Gasteiger partial charge on any atom is -0.470 e. The lowest BCUT2D eigenvalue weighted by Crippen LogP contribution is -2.44. The fraction of sp³-hybridized carbons (Fsp3) is 0.312. The van der Waals surface area contributed by atoms with Gasteiger partial charge in [0.2, 0.25) is 5.69 Å². The van der Waals surface area contributed by atoms with Crippen molar-refractivity contribution in [1.29, 1.82) is 5.26 Å². The van der Waals surface area contributed by atoms with E-state index in [-0.39, 0.29) is 23.6 Å². The quantitative estimate of drug-likeness (QED) is 0.851. The molecule has 23 heavy (non-hydrogen) atoms. The van der Waals surface area contributed by atoms with Crippen molar-refractivity contribution in [3.63, 3.8) is 0 Å². The molecule has 3 rings (SSSR count). The first-order valence-corrected chi connectivity index (χ1v) is 7.36. The van der Waals surface area contributed by atoms with Crippen molar-refractivity contribution in [2.75, 3.05) is 13.1 Å². The number of pyridine rings is 1. The molecule has 3 heterocycles. The molecule has 1 aliphatic rings. The molecule has 0 saturated carbocycles. The van der Waals surface area contributed by atoms with E-state index in [0.29, 0.717) is 18.8 Å². The van der Waals surface area contributed by atoms with Crippen LogP contribution in [0, 0.1) is 11.3 Å². The summed E-state index contributed by atoms with van der Waals surface area (Å²) in [5, 5.41) is 9.03. The van der Waals surface area contributed by atoms with Crippen molar-refractivity contribution in [1.82, 2.24) is 19.9 Å². The molecule has 1 fully saturated rings. The fourth-order valence-corrected chi connectivity index (χ4v) is 2.52. The zero-order valence-electron chi connectivity index (χ0n) is 12.4.